The van der Waals surface area contributed by atoms with Crippen LogP contribution in [0.3, 0.4) is 0 Å². The largest absolute Gasteiger partial charge is 0.482 e. The van der Waals surface area contributed by atoms with Gasteiger partial charge in [0.15, 0.2) is 6.61 Å². The van der Waals surface area contributed by atoms with E-state index < -0.39 is 35.5 Å². The zero-order chi connectivity index (χ0) is 24.5. The summed E-state index contributed by atoms with van der Waals surface area (Å²) in [4.78, 5) is 25.1. The highest BCUT2D eigenvalue weighted by Crippen LogP contribution is 2.38. The molecule has 0 radical (unpaired) electrons. The quantitative estimate of drug-likeness (QED) is 0.220. The van der Waals surface area contributed by atoms with E-state index >= 15 is 0 Å². The Bertz CT molecular complexity index is 1410. The summed E-state index contributed by atoms with van der Waals surface area (Å²) in [6.07, 6.45) is -4.96. The van der Waals surface area contributed by atoms with Crippen LogP contribution in [0.2, 0.25) is 10.0 Å². The van der Waals surface area contributed by atoms with Gasteiger partial charge in [0.1, 0.15) is 17.1 Å². The summed E-state index contributed by atoms with van der Waals surface area (Å²) in [7, 11) is 0. The van der Waals surface area contributed by atoms with E-state index in [0.29, 0.717) is 15.8 Å². The molecule has 0 N–H and O–H groups in total. The van der Waals surface area contributed by atoms with Crippen LogP contribution in [0.15, 0.2) is 75.9 Å². The minimum absolute atomic E-state index is 0.00206. The Morgan fingerprint density at radius 1 is 0.882 bits per heavy atom. The number of benzene rings is 3. The molecule has 0 aliphatic rings. The molecular weight excluding hydrogens is 496 g/mol. The third-order valence-corrected chi connectivity index (χ3v) is 5.16. The lowest BCUT2D eigenvalue weighted by Gasteiger charge is -2.13. The van der Waals surface area contributed by atoms with Gasteiger partial charge < -0.3 is 13.9 Å². The van der Waals surface area contributed by atoms with Gasteiger partial charge in [-0.15, -0.1) is 0 Å². The molecule has 0 spiro atoms. The molecule has 34 heavy (non-hydrogen) atoms. The third kappa shape index (κ3) is 5.18. The lowest BCUT2D eigenvalue weighted by Crippen LogP contribution is -2.18. The maximum atomic E-state index is 13.7. The number of carbonyl (C=O) groups excluding carboxylic acids is 1. The van der Waals surface area contributed by atoms with Gasteiger partial charge in [0.05, 0.1) is 10.9 Å². The Labute approximate surface area is 200 Å². The van der Waals surface area contributed by atoms with Crippen LogP contribution in [0.1, 0.15) is 5.76 Å². The molecule has 0 bridgehead atoms. The summed E-state index contributed by atoms with van der Waals surface area (Å²) < 4.78 is 56.7. The molecule has 4 rings (SSSR count). The monoisotopic (exact) mass is 508 g/mol. The van der Waals surface area contributed by atoms with E-state index in [1.807, 2.05) is 0 Å². The number of hydrogen-bond acceptors (Lipinski definition) is 5. The Morgan fingerprint density at radius 3 is 2.09 bits per heavy atom. The summed E-state index contributed by atoms with van der Waals surface area (Å²) in [5.41, 5.74) is -1.92. The normalized spacial score (nSPS) is 11.4. The first-order valence-corrected chi connectivity index (χ1v) is 10.4. The maximum absolute atomic E-state index is 13.7. The first-order valence-electron chi connectivity index (χ1n) is 9.65. The number of ether oxygens (including phenoxy) is 2. The molecule has 3 aromatic carbocycles. The molecular formula is C24H13Cl2F3O5. The zero-order valence-electron chi connectivity index (χ0n) is 17.0. The van der Waals surface area contributed by atoms with Crippen molar-refractivity contribution in [2.45, 2.75) is 6.18 Å². The average molecular weight is 509 g/mol. The molecule has 0 saturated carbocycles. The Balaban J connectivity index is 1.65. The highest BCUT2D eigenvalue weighted by atomic mass is 35.5. The molecule has 0 unspecified atom stereocenters. The van der Waals surface area contributed by atoms with Crippen molar-refractivity contribution in [1.82, 2.24) is 0 Å². The molecule has 0 fully saturated rings. The van der Waals surface area contributed by atoms with Gasteiger partial charge in [-0.2, -0.15) is 13.2 Å². The standard InChI is InChI=1S/C24H13Cl2F3O5/c25-14-3-1-13(2-4-14)21-22(31)18-10-9-17(11-19(18)34-23(21)24(27,28)29)33-20(30)12-32-16-7-5-15(26)6-8-16/h1-11H,12H2. The molecule has 10 heteroatoms. The highest BCUT2D eigenvalue weighted by Gasteiger charge is 2.39. The topological polar surface area (TPSA) is 65.7 Å². The van der Waals surface area contributed by atoms with Crippen LogP contribution < -0.4 is 14.9 Å². The van der Waals surface area contributed by atoms with E-state index in [1.165, 1.54) is 36.4 Å². The second kappa shape index (κ2) is 9.40. The van der Waals surface area contributed by atoms with Crippen LogP contribution >= 0.6 is 23.2 Å². The first kappa shape index (κ1) is 23.7. The van der Waals surface area contributed by atoms with Crippen molar-refractivity contribution in [3.05, 3.63) is 92.8 Å². The van der Waals surface area contributed by atoms with Gasteiger partial charge in [-0.3, -0.25) is 4.79 Å². The summed E-state index contributed by atoms with van der Waals surface area (Å²) >= 11 is 11.6. The number of alkyl halides is 3. The molecule has 5 nitrogen and oxygen atoms in total. The number of rotatable bonds is 5. The number of halogens is 5. The van der Waals surface area contributed by atoms with Crippen molar-refractivity contribution >= 4 is 40.1 Å². The summed E-state index contributed by atoms with van der Waals surface area (Å²) in [5.74, 6) is -2.03. The Morgan fingerprint density at radius 2 is 1.47 bits per heavy atom. The molecule has 1 heterocycles. The average Bonchev–Trinajstić information content (AvgIpc) is 2.79. The van der Waals surface area contributed by atoms with Gasteiger partial charge in [-0.25, -0.2) is 4.79 Å². The molecule has 4 aromatic rings. The van der Waals surface area contributed by atoms with Gasteiger partial charge in [-0.1, -0.05) is 35.3 Å². The fraction of sp³-hybridized carbons (Fsp3) is 0.0833. The molecule has 0 saturated heterocycles. The first-order chi connectivity index (χ1) is 16.1. The summed E-state index contributed by atoms with van der Waals surface area (Å²) in [5, 5.41) is 0.675. The molecule has 0 aliphatic carbocycles. The van der Waals surface area contributed by atoms with E-state index in [1.54, 1.807) is 24.3 Å². The van der Waals surface area contributed by atoms with Gasteiger partial charge in [0.2, 0.25) is 11.2 Å². The van der Waals surface area contributed by atoms with Gasteiger partial charge in [-0.05, 0) is 54.1 Å². The van der Waals surface area contributed by atoms with Gasteiger partial charge in [0.25, 0.3) is 0 Å². The maximum Gasteiger partial charge on any atom is 0.450 e. The Hall–Kier alpha value is -3.49. The van der Waals surface area contributed by atoms with E-state index in [-0.39, 0.29) is 22.3 Å². The second-order valence-corrected chi connectivity index (χ2v) is 7.89. The number of esters is 1. The predicted octanol–water partition coefficient (Wildman–Crippen LogP) is 6.77. The second-order valence-electron chi connectivity index (χ2n) is 7.01. The highest BCUT2D eigenvalue weighted by molar-refractivity contribution is 6.30. The van der Waals surface area contributed by atoms with E-state index in [4.69, 9.17) is 37.1 Å². The van der Waals surface area contributed by atoms with Crippen LogP contribution in [-0.4, -0.2) is 12.6 Å². The predicted molar refractivity (Wildman–Crippen MR) is 121 cm³/mol. The van der Waals surface area contributed by atoms with Gasteiger partial charge in [0, 0.05) is 16.1 Å². The lowest BCUT2D eigenvalue weighted by molar-refractivity contribution is -0.152. The van der Waals surface area contributed by atoms with E-state index in [2.05, 4.69) is 0 Å². The van der Waals surface area contributed by atoms with Crippen molar-refractivity contribution in [1.29, 1.82) is 0 Å². The Kier molecular flexibility index (Phi) is 6.54. The van der Waals surface area contributed by atoms with Crippen molar-refractivity contribution in [2.75, 3.05) is 6.61 Å². The van der Waals surface area contributed by atoms with Crippen LogP contribution in [0.5, 0.6) is 11.5 Å². The minimum atomic E-state index is -4.96. The van der Waals surface area contributed by atoms with Crippen LogP contribution in [0, 0.1) is 0 Å². The summed E-state index contributed by atoms with van der Waals surface area (Å²) in [6.45, 7) is -0.465. The van der Waals surface area contributed by atoms with E-state index in [9.17, 15) is 22.8 Å². The fourth-order valence-electron chi connectivity index (χ4n) is 3.15. The van der Waals surface area contributed by atoms with Crippen LogP contribution in [0.25, 0.3) is 22.1 Å². The van der Waals surface area contributed by atoms with Crippen LogP contribution in [-0.2, 0) is 11.0 Å². The van der Waals surface area contributed by atoms with E-state index in [0.717, 1.165) is 6.07 Å². The van der Waals surface area contributed by atoms with Crippen molar-refractivity contribution in [3.63, 3.8) is 0 Å². The van der Waals surface area contributed by atoms with Crippen molar-refractivity contribution in [2.24, 2.45) is 0 Å². The number of carbonyl (C=O) groups is 1. The molecule has 1 aromatic heterocycles. The van der Waals surface area contributed by atoms with Crippen molar-refractivity contribution < 1.29 is 31.9 Å². The zero-order valence-corrected chi connectivity index (χ0v) is 18.5. The lowest BCUT2D eigenvalue weighted by atomic mass is 10.0. The molecule has 174 valence electrons. The van der Waals surface area contributed by atoms with Crippen molar-refractivity contribution in [3.8, 4) is 22.6 Å². The van der Waals surface area contributed by atoms with Gasteiger partial charge >= 0.3 is 12.1 Å². The molecule has 0 amide bonds. The van der Waals surface area contributed by atoms with Crippen LogP contribution in [0.4, 0.5) is 13.2 Å². The SMILES string of the molecule is O=C(COc1ccc(Cl)cc1)Oc1ccc2c(=O)c(-c3ccc(Cl)cc3)c(C(F)(F)F)oc2c1. The summed E-state index contributed by atoms with van der Waals surface area (Å²) in [6, 6.07) is 15.1. The smallest absolute Gasteiger partial charge is 0.450 e. The number of hydrogen-bond donors (Lipinski definition) is 0. The fourth-order valence-corrected chi connectivity index (χ4v) is 3.40. The molecule has 0 aliphatic heterocycles. The minimum Gasteiger partial charge on any atom is -0.482 e. The number of fused-ring (bicyclic) bond motifs is 1. The third-order valence-electron chi connectivity index (χ3n) is 4.66. The molecule has 0 atom stereocenters.